The van der Waals surface area contributed by atoms with Gasteiger partial charge in [0.25, 0.3) is 0 Å². The lowest BCUT2D eigenvalue weighted by atomic mass is 9.83. The number of ether oxygens (including phenoxy) is 1. The topological polar surface area (TPSA) is 33.6 Å². The SMILES string of the molecule is CC1CC(C)SC(=NCC2(C)CCOCC2)N1. The fourth-order valence-corrected chi connectivity index (χ4v) is 3.58. The molecule has 3 nitrogen and oxygen atoms in total. The number of hydrogen-bond donors (Lipinski definition) is 1. The van der Waals surface area contributed by atoms with Gasteiger partial charge in [0.2, 0.25) is 0 Å². The maximum Gasteiger partial charge on any atom is 0.157 e. The molecule has 2 rings (SSSR count). The minimum atomic E-state index is 0.345. The van der Waals surface area contributed by atoms with Crippen LogP contribution in [0.3, 0.4) is 0 Å². The minimum Gasteiger partial charge on any atom is -0.381 e. The zero-order chi connectivity index (χ0) is 12.3. The Hall–Kier alpha value is -0.220. The molecule has 2 aliphatic rings. The number of rotatable bonds is 2. The van der Waals surface area contributed by atoms with E-state index in [4.69, 9.17) is 9.73 Å². The third-order valence-corrected chi connectivity index (χ3v) is 4.74. The maximum absolute atomic E-state index is 5.42. The third kappa shape index (κ3) is 3.88. The van der Waals surface area contributed by atoms with Crippen LogP contribution in [0, 0.1) is 5.41 Å². The van der Waals surface area contributed by atoms with Gasteiger partial charge in [-0.2, -0.15) is 0 Å². The Labute approximate surface area is 109 Å². The lowest BCUT2D eigenvalue weighted by molar-refractivity contribution is 0.0283. The van der Waals surface area contributed by atoms with Crippen LogP contribution in [0.25, 0.3) is 0 Å². The predicted molar refractivity (Wildman–Crippen MR) is 74.7 cm³/mol. The summed E-state index contributed by atoms with van der Waals surface area (Å²) in [6.45, 7) is 9.59. The Bertz CT molecular complexity index is 275. The summed E-state index contributed by atoms with van der Waals surface area (Å²) in [6.07, 6.45) is 3.51. The van der Waals surface area contributed by atoms with Crippen LogP contribution in [-0.2, 0) is 4.74 Å². The van der Waals surface area contributed by atoms with Crippen LogP contribution in [0.4, 0.5) is 0 Å². The van der Waals surface area contributed by atoms with Crippen LogP contribution in [0.5, 0.6) is 0 Å². The van der Waals surface area contributed by atoms with Crippen molar-refractivity contribution in [2.45, 2.75) is 51.3 Å². The molecular formula is C13H24N2OS. The Kier molecular flexibility index (Phi) is 4.36. The summed E-state index contributed by atoms with van der Waals surface area (Å²) in [5, 5.41) is 5.32. The first-order chi connectivity index (χ1) is 8.07. The Morgan fingerprint density at radius 1 is 1.41 bits per heavy atom. The molecule has 0 spiro atoms. The molecule has 17 heavy (non-hydrogen) atoms. The second-order valence-corrected chi connectivity index (χ2v) is 7.18. The highest BCUT2D eigenvalue weighted by molar-refractivity contribution is 8.14. The predicted octanol–water partition coefficient (Wildman–Crippen LogP) is 2.66. The van der Waals surface area contributed by atoms with Crippen LogP contribution < -0.4 is 5.32 Å². The fraction of sp³-hybridized carbons (Fsp3) is 0.923. The normalized spacial score (nSPS) is 35.6. The molecule has 2 heterocycles. The molecule has 2 aliphatic heterocycles. The average Bonchev–Trinajstić information content (AvgIpc) is 2.26. The van der Waals surface area contributed by atoms with Gasteiger partial charge in [0.15, 0.2) is 5.17 Å². The number of amidine groups is 1. The van der Waals surface area contributed by atoms with Crippen molar-refractivity contribution in [1.82, 2.24) is 5.32 Å². The van der Waals surface area contributed by atoms with Crippen LogP contribution in [-0.4, -0.2) is 36.2 Å². The first-order valence-corrected chi connectivity index (χ1v) is 7.51. The molecule has 0 aliphatic carbocycles. The Morgan fingerprint density at radius 2 is 2.12 bits per heavy atom. The van der Waals surface area contributed by atoms with E-state index in [1.807, 2.05) is 11.8 Å². The molecule has 0 aromatic heterocycles. The molecule has 0 radical (unpaired) electrons. The number of nitrogens with zero attached hydrogens (tertiary/aromatic N) is 1. The number of hydrogen-bond acceptors (Lipinski definition) is 3. The number of aliphatic imine (C=N–C) groups is 1. The molecule has 2 atom stereocenters. The monoisotopic (exact) mass is 256 g/mol. The van der Waals surface area contributed by atoms with E-state index < -0.39 is 0 Å². The van der Waals surface area contributed by atoms with Crippen molar-refractivity contribution in [2.75, 3.05) is 19.8 Å². The zero-order valence-electron chi connectivity index (χ0n) is 11.2. The van der Waals surface area contributed by atoms with Crippen LogP contribution in [0.2, 0.25) is 0 Å². The molecule has 4 heteroatoms. The van der Waals surface area contributed by atoms with Gasteiger partial charge < -0.3 is 10.1 Å². The molecule has 0 bridgehead atoms. The average molecular weight is 256 g/mol. The molecule has 0 saturated carbocycles. The summed E-state index contributed by atoms with van der Waals surface area (Å²) < 4.78 is 5.42. The highest BCUT2D eigenvalue weighted by Gasteiger charge is 2.28. The molecule has 2 unspecified atom stereocenters. The van der Waals surface area contributed by atoms with Gasteiger partial charge in [-0.25, -0.2) is 0 Å². The highest BCUT2D eigenvalue weighted by Crippen LogP contribution is 2.31. The van der Waals surface area contributed by atoms with E-state index in [1.165, 1.54) is 6.42 Å². The van der Waals surface area contributed by atoms with Gasteiger partial charge in [-0.15, -0.1) is 0 Å². The van der Waals surface area contributed by atoms with Crippen LogP contribution >= 0.6 is 11.8 Å². The maximum atomic E-state index is 5.42. The minimum absolute atomic E-state index is 0.345. The molecule has 0 aromatic rings. The van der Waals surface area contributed by atoms with Gasteiger partial charge in [0, 0.05) is 31.1 Å². The van der Waals surface area contributed by atoms with Gasteiger partial charge in [-0.3, -0.25) is 4.99 Å². The number of thioether (sulfide) groups is 1. The van der Waals surface area contributed by atoms with Crippen molar-refractivity contribution < 1.29 is 4.74 Å². The molecule has 2 fully saturated rings. The van der Waals surface area contributed by atoms with Crippen LogP contribution in [0.1, 0.15) is 40.0 Å². The smallest absolute Gasteiger partial charge is 0.157 e. The highest BCUT2D eigenvalue weighted by atomic mass is 32.2. The Morgan fingerprint density at radius 3 is 2.76 bits per heavy atom. The van der Waals surface area contributed by atoms with Gasteiger partial charge in [0.1, 0.15) is 0 Å². The first-order valence-electron chi connectivity index (χ1n) is 6.63. The van der Waals surface area contributed by atoms with Crippen molar-refractivity contribution in [2.24, 2.45) is 10.4 Å². The van der Waals surface area contributed by atoms with Crippen LogP contribution in [0.15, 0.2) is 4.99 Å². The summed E-state index contributed by atoms with van der Waals surface area (Å²) in [5.74, 6) is 0. The van der Waals surface area contributed by atoms with Gasteiger partial charge in [0.05, 0.1) is 0 Å². The summed E-state index contributed by atoms with van der Waals surface area (Å²) in [4.78, 5) is 4.79. The van der Waals surface area contributed by atoms with Gasteiger partial charge >= 0.3 is 0 Å². The van der Waals surface area contributed by atoms with Crippen molar-refractivity contribution in [3.63, 3.8) is 0 Å². The molecule has 1 N–H and O–H groups in total. The van der Waals surface area contributed by atoms with Crippen molar-refractivity contribution >= 4 is 16.9 Å². The molecule has 2 saturated heterocycles. The Balaban J connectivity index is 1.90. The van der Waals surface area contributed by atoms with Gasteiger partial charge in [-0.1, -0.05) is 25.6 Å². The molecule has 0 aromatic carbocycles. The van der Waals surface area contributed by atoms with E-state index in [-0.39, 0.29) is 0 Å². The standard InChI is InChI=1S/C13H24N2OS/c1-10-8-11(2)17-12(15-10)14-9-13(3)4-6-16-7-5-13/h10-11H,4-9H2,1-3H3,(H,14,15). The van der Waals surface area contributed by atoms with E-state index in [9.17, 15) is 0 Å². The largest absolute Gasteiger partial charge is 0.381 e. The van der Waals surface area contributed by atoms with E-state index in [0.29, 0.717) is 16.7 Å². The van der Waals surface area contributed by atoms with E-state index in [0.717, 1.165) is 37.8 Å². The second kappa shape index (κ2) is 5.61. The van der Waals surface area contributed by atoms with Crippen molar-refractivity contribution in [3.05, 3.63) is 0 Å². The number of nitrogens with one attached hydrogen (secondary N) is 1. The summed E-state index contributed by atoms with van der Waals surface area (Å²) in [6, 6.07) is 0.562. The zero-order valence-corrected chi connectivity index (χ0v) is 12.0. The fourth-order valence-electron chi connectivity index (χ4n) is 2.41. The van der Waals surface area contributed by atoms with Crippen molar-refractivity contribution in [3.8, 4) is 0 Å². The second-order valence-electron chi connectivity index (χ2n) is 5.75. The molecule has 98 valence electrons. The molecular weight excluding hydrogens is 232 g/mol. The van der Waals surface area contributed by atoms with E-state index >= 15 is 0 Å². The van der Waals surface area contributed by atoms with E-state index in [2.05, 4.69) is 26.1 Å². The summed E-state index contributed by atoms with van der Waals surface area (Å²) >= 11 is 1.89. The van der Waals surface area contributed by atoms with Gasteiger partial charge in [-0.05, 0) is 31.6 Å². The summed E-state index contributed by atoms with van der Waals surface area (Å²) in [7, 11) is 0. The lowest BCUT2D eigenvalue weighted by Gasteiger charge is -2.33. The van der Waals surface area contributed by atoms with Crippen molar-refractivity contribution in [1.29, 1.82) is 0 Å². The quantitative estimate of drug-likeness (QED) is 0.824. The summed E-state index contributed by atoms with van der Waals surface area (Å²) in [5.41, 5.74) is 0.345. The lowest BCUT2D eigenvalue weighted by Crippen LogP contribution is -2.39. The molecule has 0 amide bonds. The first kappa shape index (κ1) is 13.2. The van der Waals surface area contributed by atoms with E-state index in [1.54, 1.807) is 0 Å². The third-order valence-electron chi connectivity index (χ3n) is 3.67.